The van der Waals surface area contributed by atoms with Crippen LogP contribution in [0.1, 0.15) is 34.6 Å². The summed E-state index contributed by atoms with van der Waals surface area (Å²) >= 11 is 6.06. The van der Waals surface area contributed by atoms with Crippen molar-refractivity contribution in [2.75, 3.05) is 13.2 Å². The third kappa shape index (κ3) is 4.00. The number of hydrogen-bond acceptors (Lipinski definition) is 4. The molecular formula is C21H23ClN2O3. The van der Waals surface area contributed by atoms with Crippen LogP contribution in [0.15, 0.2) is 42.5 Å². The summed E-state index contributed by atoms with van der Waals surface area (Å²) in [4.78, 5) is 19.4. The standard InChI is InChI=1S/C21H23ClN2O3/c1-14-5-2-8-17(23-14)13-27-19-12-24(18-9-4-10-26-20(18)19)21(25)15-6-3-7-16(22)11-15/h2-3,5-8,11,18-20H,4,9-10,12-13H2,1H3/t18-,19-,20+/m1/s1. The molecule has 142 valence electrons. The van der Waals surface area contributed by atoms with Crippen LogP contribution in [0, 0.1) is 6.92 Å². The van der Waals surface area contributed by atoms with Crippen LogP contribution in [-0.4, -0.2) is 47.2 Å². The van der Waals surface area contributed by atoms with Crippen molar-refractivity contribution >= 4 is 17.5 Å². The van der Waals surface area contributed by atoms with Gasteiger partial charge in [0.05, 0.1) is 24.9 Å². The Balaban J connectivity index is 1.49. The number of nitrogens with zero attached hydrogens (tertiary/aromatic N) is 2. The van der Waals surface area contributed by atoms with Gasteiger partial charge in [0.15, 0.2) is 0 Å². The third-order valence-corrected chi connectivity index (χ3v) is 5.44. The predicted molar refractivity (Wildman–Crippen MR) is 103 cm³/mol. The number of aromatic nitrogens is 1. The molecule has 2 saturated heterocycles. The molecule has 0 saturated carbocycles. The molecule has 0 N–H and O–H groups in total. The summed E-state index contributed by atoms with van der Waals surface area (Å²) in [6.45, 7) is 3.61. The fourth-order valence-electron chi connectivity index (χ4n) is 3.95. The molecular weight excluding hydrogens is 364 g/mol. The van der Waals surface area contributed by atoms with Gasteiger partial charge in [0.1, 0.15) is 12.2 Å². The van der Waals surface area contributed by atoms with Crippen LogP contribution in [0.4, 0.5) is 0 Å². The lowest BCUT2D eigenvalue weighted by molar-refractivity contribution is -0.0814. The average molecular weight is 387 g/mol. The first-order valence-corrected chi connectivity index (χ1v) is 9.72. The van der Waals surface area contributed by atoms with Gasteiger partial charge in [-0.25, -0.2) is 0 Å². The van der Waals surface area contributed by atoms with Gasteiger partial charge in [-0.15, -0.1) is 0 Å². The average Bonchev–Trinajstić information content (AvgIpc) is 3.05. The first-order chi connectivity index (χ1) is 13.1. The van der Waals surface area contributed by atoms with E-state index >= 15 is 0 Å². The molecule has 27 heavy (non-hydrogen) atoms. The Morgan fingerprint density at radius 2 is 2.19 bits per heavy atom. The van der Waals surface area contributed by atoms with Crippen molar-refractivity contribution in [3.63, 3.8) is 0 Å². The van der Waals surface area contributed by atoms with Gasteiger partial charge in [-0.2, -0.15) is 0 Å². The number of rotatable bonds is 4. The Hall–Kier alpha value is -1.95. The monoisotopic (exact) mass is 386 g/mol. The van der Waals surface area contributed by atoms with Crippen LogP contribution in [0.3, 0.4) is 0 Å². The normalized spacial score (nSPS) is 24.7. The molecule has 6 heteroatoms. The molecule has 1 aromatic heterocycles. The highest BCUT2D eigenvalue weighted by Crippen LogP contribution is 2.32. The number of aryl methyl sites for hydroxylation is 1. The molecule has 2 aliphatic heterocycles. The minimum absolute atomic E-state index is 0.0159. The Morgan fingerprint density at radius 1 is 1.33 bits per heavy atom. The van der Waals surface area contributed by atoms with Crippen molar-refractivity contribution < 1.29 is 14.3 Å². The highest BCUT2D eigenvalue weighted by molar-refractivity contribution is 6.30. The van der Waals surface area contributed by atoms with Crippen LogP contribution in [0.25, 0.3) is 0 Å². The van der Waals surface area contributed by atoms with E-state index in [1.807, 2.05) is 30.0 Å². The zero-order chi connectivity index (χ0) is 18.8. The Morgan fingerprint density at radius 3 is 3.00 bits per heavy atom. The summed E-state index contributed by atoms with van der Waals surface area (Å²) < 4.78 is 12.1. The fourth-order valence-corrected chi connectivity index (χ4v) is 4.14. The van der Waals surface area contributed by atoms with Crippen molar-refractivity contribution in [3.05, 3.63) is 64.4 Å². The van der Waals surface area contributed by atoms with E-state index in [4.69, 9.17) is 21.1 Å². The van der Waals surface area contributed by atoms with Gasteiger partial charge in [0.25, 0.3) is 5.91 Å². The summed E-state index contributed by atoms with van der Waals surface area (Å²) in [5, 5.41) is 0.565. The molecule has 0 aliphatic carbocycles. The molecule has 1 amide bonds. The van der Waals surface area contributed by atoms with E-state index in [0.29, 0.717) is 30.3 Å². The number of halogens is 1. The quantitative estimate of drug-likeness (QED) is 0.805. The largest absolute Gasteiger partial charge is 0.373 e. The number of pyridine rings is 1. The predicted octanol–water partition coefficient (Wildman–Crippen LogP) is 3.63. The highest BCUT2D eigenvalue weighted by atomic mass is 35.5. The van der Waals surface area contributed by atoms with Gasteiger partial charge in [0.2, 0.25) is 0 Å². The van der Waals surface area contributed by atoms with Crippen molar-refractivity contribution in [2.45, 2.75) is 44.6 Å². The van der Waals surface area contributed by atoms with E-state index in [1.54, 1.807) is 24.3 Å². The molecule has 3 heterocycles. The number of fused-ring (bicyclic) bond motifs is 1. The first-order valence-electron chi connectivity index (χ1n) is 9.34. The number of hydrogen-bond donors (Lipinski definition) is 0. The number of carbonyl (C=O) groups is 1. The number of likely N-dealkylation sites (tertiary alicyclic amines) is 1. The molecule has 0 unspecified atom stereocenters. The number of ether oxygens (including phenoxy) is 2. The van der Waals surface area contributed by atoms with Gasteiger partial charge < -0.3 is 14.4 Å². The summed E-state index contributed by atoms with van der Waals surface area (Å²) in [6.07, 6.45) is 1.64. The second-order valence-corrected chi connectivity index (χ2v) is 7.57. The van der Waals surface area contributed by atoms with E-state index in [1.165, 1.54) is 0 Å². The summed E-state index contributed by atoms with van der Waals surface area (Å²) in [5.74, 6) is -0.0159. The maximum absolute atomic E-state index is 13.1. The second kappa shape index (κ2) is 7.97. The zero-order valence-corrected chi connectivity index (χ0v) is 16.1. The lowest BCUT2D eigenvalue weighted by Crippen LogP contribution is -2.43. The third-order valence-electron chi connectivity index (χ3n) is 5.20. The topological polar surface area (TPSA) is 51.7 Å². The van der Waals surface area contributed by atoms with Crippen molar-refractivity contribution in [2.24, 2.45) is 0 Å². The molecule has 3 atom stereocenters. The maximum atomic E-state index is 13.1. The minimum atomic E-state index is -0.152. The second-order valence-electron chi connectivity index (χ2n) is 7.13. The van der Waals surface area contributed by atoms with E-state index in [-0.39, 0.29) is 24.2 Å². The lowest BCUT2D eigenvalue weighted by Gasteiger charge is -2.32. The first kappa shape index (κ1) is 18.4. The SMILES string of the molecule is Cc1cccc(CO[C@@H]2CN(C(=O)c3cccc(Cl)c3)[C@@H]3CCCO[C@@H]32)n1. The molecule has 0 spiro atoms. The van der Waals surface area contributed by atoms with Gasteiger partial charge in [-0.1, -0.05) is 23.7 Å². The van der Waals surface area contributed by atoms with Crippen molar-refractivity contribution in [1.29, 1.82) is 0 Å². The summed E-state index contributed by atoms with van der Waals surface area (Å²) in [5.41, 5.74) is 2.46. The van der Waals surface area contributed by atoms with E-state index in [9.17, 15) is 4.79 Å². The highest BCUT2D eigenvalue weighted by Gasteiger charge is 2.46. The molecule has 1 aromatic carbocycles. The van der Waals surface area contributed by atoms with Crippen molar-refractivity contribution in [3.8, 4) is 0 Å². The Labute approximate surface area is 164 Å². The van der Waals surface area contributed by atoms with E-state index in [2.05, 4.69) is 4.98 Å². The number of carbonyl (C=O) groups excluding carboxylic acids is 1. The molecule has 2 fully saturated rings. The van der Waals surface area contributed by atoms with Crippen LogP contribution < -0.4 is 0 Å². The number of benzene rings is 1. The van der Waals surface area contributed by atoms with E-state index < -0.39 is 0 Å². The summed E-state index contributed by atoms with van der Waals surface area (Å²) in [6, 6.07) is 13.0. The minimum Gasteiger partial charge on any atom is -0.373 e. The van der Waals surface area contributed by atoms with Crippen LogP contribution >= 0.6 is 11.6 Å². The maximum Gasteiger partial charge on any atom is 0.254 e. The zero-order valence-electron chi connectivity index (χ0n) is 15.3. The van der Waals surface area contributed by atoms with Crippen LogP contribution in [-0.2, 0) is 16.1 Å². The van der Waals surface area contributed by atoms with Gasteiger partial charge in [-0.3, -0.25) is 9.78 Å². The fraction of sp³-hybridized carbons (Fsp3) is 0.429. The molecule has 0 bridgehead atoms. The Kier molecular flexibility index (Phi) is 5.43. The summed E-state index contributed by atoms with van der Waals surface area (Å²) in [7, 11) is 0. The van der Waals surface area contributed by atoms with Crippen molar-refractivity contribution in [1.82, 2.24) is 9.88 Å². The molecule has 0 radical (unpaired) electrons. The van der Waals surface area contributed by atoms with Gasteiger partial charge in [0, 0.05) is 22.9 Å². The Bertz CT molecular complexity index is 829. The van der Waals surface area contributed by atoms with Crippen LogP contribution in [0.2, 0.25) is 5.02 Å². The van der Waals surface area contributed by atoms with Gasteiger partial charge >= 0.3 is 0 Å². The molecule has 5 nitrogen and oxygen atoms in total. The molecule has 4 rings (SSSR count). The lowest BCUT2D eigenvalue weighted by atomic mass is 10.0. The van der Waals surface area contributed by atoms with Gasteiger partial charge in [-0.05, 0) is 50.1 Å². The molecule has 2 aromatic rings. The molecule has 2 aliphatic rings. The smallest absolute Gasteiger partial charge is 0.254 e. The van der Waals surface area contributed by atoms with E-state index in [0.717, 1.165) is 24.2 Å². The number of amides is 1. The van der Waals surface area contributed by atoms with Crippen LogP contribution in [0.5, 0.6) is 0 Å².